The summed E-state index contributed by atoms with van der Waals surface area (Å²) in [5.41, 5.74) is 5.58. The van der Waals surface area contributed by atoms with Crippen LogP contribution < -0.4 is 11.1 Å². The van der Waals surface area contributed by atoms with E-state index in [-0.39, 0.29) is 17.9 Å². The highest BCUT2D eigenvalue weighted by atomic mass is 16.5. The van der Waals surface area contributed by atoms with Crippen molar-refractivity contribution in [1.82, 2.24) is 5.32 Å². The number of nitrogens with two attached hydrogens (primary N) is 1. The molecule has 1 aliphatic heterocycles. The highest BCUT2D eigenvalue weighted by molar-refractivity contribution is 5.82. The first-order chi connectivity index (χ1) is 6.77. The molecule has 3 atom stereocenters. The third kappa shape index (κ3) is 2.45. The highest BCUT2D eigenvalue weighted by Gasteiger charge is 2.39. The van der Waals surface area contributed by atoms with Crippen LogP contribution in [0, 0.1) is 5.92 Å². The van der Waals surface area contributed by atoms with Crippen LogP contribution in [0.1, 0.15) is 25.7 Å². The minimum absolute atomic E-state index is 0.0829. The molecule has 0 aromatic heterocycles. The predicted octanol–water partition coefficient (Wildman–Crippen LogP) is 0.0189. The van der Waals surface area contributed by atoms with Crippen molar-refractivity contribution < 1.29 is 9.53 Å². The maximum absolute atomic E-state index is 11.4. The molecule has 1 saturated carbocycles. The summed E-state index contributed by atoms with van der Waals surface area (Å²) in [6.07, 6.45) is 4.45. The number of nitrogens with one attached hydrogen (secondary N) is 1. The third-order valence-corrected chi connectivity index (χ3v) is 2.97. The molecule has 4 heteroatoms. The number of amides is 1. The SMILES string of the molecule is NC1CC1C(=O)NCCC1CCCO1. The molecule has 14 heavy (non-hydrogen) atoms. The second kappa shape index (κ2) is 4.28. The van der Waals surface area contributed by atoms with Crippen molar-refractivity contribution in [3.63, 3.8) is 0 Å². The first kappa shape index (κ1) is 9.93. The number of hydrogen-bond acceptors (Lipinski definition) is 3. The second-order valence-corrected chi connectivity index (χ2v) is 4.22. The normalized spacial score (nSPS) is 35.6. The average Bonchev–Trinajstić information content (AvgIpc) is 2.68. The molecule has 0 bridgehead atoms. The summed E-state index contributed by atoms with van der Waals surface area (Å²) in [6, 6.07) is 0.109. The average molecular weight is 198 g/mol. The number of hydrogen-bond donors (Lipinski definition) is 2. The fourth-order valence-corrected chi connectivity index (χ4v) is 1.88. The van der Waals surface area contributed by atoms with Crippen LogP contribution in [0.25, 0.3) is 0 Å². The maximum atomic E-state index is 11.4. The zero-order valence-corrected chi connectivity index (χ0v) is 8.37. The van der Waals surface area contributed by atoms with Crippen LogP contribution in [-0.4, -0.2) is 31.2 Å². The molecule has 1 heterocycles. The minimum Gasteiger partial charge on any atom is -0.378 e. The van der Waals surface area contributed by atoms with E-state index in [1.807, 2.05) is 0 Å². The molecule has 0 radical (unpaired) electrons. The summed E-state index contributed by atoms with van der Waals surface area (Å²) in [6.45, 7) is 1.61. The molecule has 1 amide bonds. The zero-order chi connectivity index (χ0) is 9.97. The molecular formula is C10H18N2O2. The maximum Gasteiger partial charge on any atom is 0.224 e. The van der Waals surface area contributed by atoms with E-state index in [0.717, 1.165) is 38.8 Å². The monoisotopic (exact) mass is 198 g/mol. The van der Waals surface area contributed by atoms with Gasteiger partial charge in [-0.2, -0.15) is 0 Å². The van der Waals surface area contributed by atoms with Gasteiger partial charge in [0, 0.05) is 19.2 Å². The van der Waals surface area contributed by atoms with Crippen molar-refractivity contribution in [1.29, 1.82) is 0 Å². The molecule has 1 saturated heterocycles. The quantitative estimate of drug-likeness (QED) is 0.669. The van der Waals surface area contributed by atoms with Crippen LogP contribution in [0.2, 0.25) is 0 Å². The molecule has 3 unspecified atom stereocenters. The van der Waals surface area contributed by atoms with E-state index in [1.165, 1.54) is 0 Å². The van der Waals surface area contributed by atoms with Crippen molar-refractivity contribution in [2.45, 2.75) is 37.8 Å². The van der Waals surface area contributed by atoms with Crippen LogP contribution in [0.4, 0.5) is 0 Å². The third-order valence-electron chi connectivity index (χ3n) is 2.97. The Hall–Kier alpha value is -0.610. The van der Waals surface area contributed by atoms with Crippen molar-refractivity contribution in [2.75, 3.05) is 13.2 Å². The second-order valence-electron chi connectivity index (χ2n) is 4.22. The van der Waals surface area contributed by atoms with E-state index in [4.69, 9.17) is 10.5 Å². The lowest BCUT2D eigenvalue weighted by Crippen LogP contribution is -2.30. The Balaban J connectivity index is 1.56. The summed E-state index contributed by atoms with van der Waals surface area (Å²) in [4.78, 5) is 11.4. The number of rotatable bonds is 4. The van der Waals surface area contributed by atoms with E-state index in [1.54, 1.807) is 0 Å². The van der Waals surface area contributed by atoms with Crippen molar-refractivity contribution in [2.24, 2.45) is 11.7 Å². The van der Waals surface area contributed by atoms with Crippen LogP contribution >= 0.6 is 0 Å². The largest absolute Gasteiger partial charge is 0.378 e. The van der Waals surface area contributed by atoms with E-state index in [9.17, 15) is 4.79 Å². The summed E-state index contributed by atoms with van der Waals surface area (Å²) in [7, 11) is 0. The topological polar surface area (TPSA) is 64.4 Å². The predicted molar refractivity (Wildman–Crippen MR) is 52.7 cm³/mol. The summed E-state index contributed by atoms with van der Waals surface area (Å²) in [5.74, 6) is 0.204. The van der Waals surface area contributed by atoms with Gasteiger partial charge in [-0.05, 0) is 25.7 Å². The van der Waals surface area contributed by atoms with E-state index < -0.39 is 0 Å². The Morgan fingerprint density at radius 3 is 2.93 bits per heavy atom. The molecule has 4 nitrogen and oxygen atoms in total. The van der Waals surface area contributed by atoms with Crippen molar-refractivity contribution >= 4 is 5.91 Å². The lowest BCUT2D eigenvalue weighted by Gasteiger charge is -2.09. The molecule has 2 rings (SSSR count). The minimum atomic E-state index is 0.0829. The molecule has 0 aromatic carbocycles. The van der Waals surface area contributed by atoms with Crippen LogP contribution in [-0.2, 0) is 9.53 Å². The van der Waals surface area contributed by atoms with Gasteiger partial charge in [0.15, 0.2) is 0 Å². The van der Waals surface area contributed by atoms with E-state index in [2.05, 4.69) is 5.32 Å². The van der Waals surface area contributed by atoms with Crippen LogP contribution in [0.15, 0.2) is 0 Å². The van der Waals surface area contributed by atoms with E-state index >= 15 is 0 Å². The zero-order valence-electron chi connectivity index (χ0n) is 8.37. The summed E-state index contributed by atoms with van der Waals surface area (Å²) in [5, 5.41) is 2.90. The fourth-order valence-electron chi connectivity index (χ4n) is 1.88. The number of carbonyl (C=O) groups is 1. The molecule has 3 N–H and O–H groups in total. The van der Waals surface area contributed by atoms with Gasteiger partial charge in [-0.3, -0.25) is 4.79 Å². The lowest BCUT2D eigenvalue weighted by atomic mass is 10.2. The van der Waals surface area contributed by atoms with Crippen LogP contribution in [0.3, 0.4) is 0 Å². The molecule has 2 aliphatic rings. The summed E-state index contributed by atoms with van der Waals surface area (Å²) < 4.78 is 5.46. The van der Waals surface area contributed by atoms with Gasteiger partial charge in [-0.15, -0.1) is 0 Å². The standard InChI is InChI=1S/C10H18N2O2/c11-9-6-8(9)10(13)12-4-3-7-2-1-5-14-7/h7-9H,1-6,11H2,(H,12,13). The Bertz CT molecular complexity index is 214. The van der Waals surface area contributed by atoms with Crippen molar-refractivity contribution in [3.05, 3.63) is 0 Å². The first-order valence-electron chi connectivity index (χ1n) is 5.42. The number of ether oxygens (including phenoxy) is 1. The smallest absolute Gasteiger partial charge is 0.224 e. The molecule has 0 spiro atoms. The molecule has 1 aliphatic carbocycles. The lowest BCUT2D eigenvalue weighted by molar-refractivity contribution is -0.122. The molecule has 2 fully saturated rings. The van der Waals surface area contributed by atoms with Gasteiger partial charge in [0.2, 0.25) is 5.91 Å². The first-order valence-corrected chi connectivity index (χ1v) is 5.42. The molecule has 80 valence electrons. The number of carbonyl (C=O) groups excluding carboxylic acids is 1. The van der Waals surface area contributed by atoms with E-state index in [0.29, 0.717) is 6.10 Å². The Morgan fingerprint density at radius 2 is 2.36 bits per heavy atom. The summed E-state index contributed by atoms with van der Waals surface area (Å²) >= 11 is 0. The van der Waals surface area contributed by atoms with Crippen molar-refractivity contribution in [3.8, 4) is 0 Å². The Morgan fingerprint density at radius 1 is 1.57 bits per heavy atom. The Kier molecular flexibility index (Phi) is 3.03. The van der Waals surface area contributed by atoms with Gasteiger partial charge in [0.1, 0.15) is 0 Å². The van der Waals surface area contributed by atoms with Gasteiger partial charge >= 0.3 is 0 Å². The Labute approximate surface area is 84.2 Å². The van der Waals surface area contributed by atoms with Gasteiger partial charge in [-0.1, -0.05) is 0 Å². The highest BCUT2D eigenvalue weighted by Crippen LogP contribution is 2.27. The molecular weight excluding hydrogens is 180 g/mol. The molecule has 0 aromatic rings. The van der Waals surface area contributed by atoms with Gasteiger partial charge < -0.3 is 15.8 Å². The van der Waals surface area contributed by atoms with Gasteiger partial charge in [-0.25, -0.2) is 0 Å². The fraction of sp³-hybridized carbons (Fsp3) is 0.900. The van der Waals surface area contributed by atoms with Gasteiger partial charge in [0.25, 0.3) is 0 Å². The van der Waals surface area contributed by atoms with Gasteiger partial charge in [0.05, 0.1) is 12.0 Å². The van der Waals surface area contributed by atoms with Crippen LogP contribution in [0.5, 0.6) is 0 Å².